The zero-order valence-corrected chi connectivity index (χ0v) is 22.3. The fraction of sp³-hybridized carbons (Fsp3) is 0.320. The van der Waals surface area contributed by atoms with Crippen LogP contribution in [0.3, 0.4) is 0 Å². The van der Waals surface area contributed by atoms with Crippen molar-refractivity contribution in [1.29, 1.82) is 0 Å². The quantitative estimate of drug-likeness (QED) is 0.349. The first kappa shape index (κ1) is 30.8. The summed E-state index contributed by atoms with van der Waals surface area (Å²) in [7, 11) is 0. The summed E-state index contributed by atoms with van der Waals surface area (Å²) >= 11 is 1.30. The van der Waals surface area contributed by atoms with Crippen LogP contribution in [0.4, 0.5) is 8.78 Å². The molecule has 0 saturated heterocycles. The Bertz CT molecular complexity index is 1230. The standard InChI is InChI=1S/C25H26F2N2O7S2/c1-4-36-23(33)20(28-13(2)30)11-38-25(35)21(29-14(3)31)12-37-24(34)18-9-15(5-8-22(18)32)17-7-6-16(26)10-19(17)27/h5-10,20-21,32H,4,11-12H2,1-3H3,(H,28,30)(H,29,31)/t20-,21-/m0/s1. The van der Waals surface area contributed by atoms with Crippen molar-refractivity contribution in [2.24, 2.45) is 0 Å². The number of halogens is 2. The molecule has 204 valence electrons. The van der Waals surface area contributed by atoms with Gasteiger partial charge in [-0.1, -0.05) is 29.6 Å². The van der Waals surface area contributed by atoms with Crippen LogP contribution in [-0.2, 0) is 23.9 Å². The van der Waals surface area contributed by atoms with E-state index in [4.69, 9.17) is 4.74 Å². The van der Waals surface area contributed by atoms with Gasteiger partial charge in [-0.3, -0.25) is 19.2 Å². The number of hydrogen-bond donors (Lipinski definition) is 3. The van der Waals surface area contributed by atoms with Gasteiger partial charge in [0.05, 0.1) is 12.2 Å². The zero-order chi connectivity index (χ0) is 28.4. The molecule has 0 saturated carbocycles. The predicted molar refractivity (Wildman–Crippen MR) is 140 cm³/mol. The molecule has 9 nitrogen and oxygen atoms in total. The number of phenols is 1. The van der Waals surface area contributed by atoms with Crippen LogP contribution in [0.1, 0.15) is 31.1 Å². The molecule has 38 heavy (non-hydrogen) atoms. The highest BCUT2D eigenvalue weighted by Gasteiger charge is 2.27. The van der Waals surface area contributed by atoms with Crippen LogP contribution in [0.5, 0.6) is 5.75 Å². The normalized spacial score (nSPS) is 12.2. The highest BCUT2D eigenvalue weighted by Crippen LogP contribution is 2.31. The Morgan fingerprint density at radius 3 is 2.16 bits per heavy atom. The Morgan fingerprint density at radius 2 is 1.55 bits per heavy atom. The van der Waals surface area contributed by atoms with Crippen LogP contribution < -0.4 is 10.6 Å². The molecular formula is C25H26F2N2O7S2. The molecule has 2 amide bonds. The van der Waals surface area contributed by atoms with Crippen molar-refractivity contribution in [3.63, 3.8) is 0 Å². The molecule has 0 heterocycles. The molecule has 2 rings (SSSR count). The molecule has 0 aromatic heterocycles. The van der Waals surface area contributed by atoms with Crippen LogP contribution in [0.15, 0.2) is 36.4 Å². The first-order valence-corrected chi connectivity index (χ1v) is 13.2. The van der Waals surface area contributed by atoms with E-state index in [9.17, 15) is 37.9 Å². The maximum atomic E-state index is 14.2. The fourth-order valence-corrected chi connectivity index (χ4v) is 5.04. The number of ether oxygens (including phenoxy) is 1. The van der Waals surface area contributed by atoms with E-state index in [0.29, 0.717) is 29.6 Å². The molecule has 2 atom stereocenters. The van der Waals surface area contributed by atoms with Crippen LogP contribution in [0.25, 0.3) is 11.1 Å². The minimum atomic E-state index is -1.15. The topological polar surface area (TPSA) is 139 Å². The third-order valence-corrected chi connectivity index (χ3v) is 6.89. The molecule has 0 aliphatic carbocycles. The average Bonchev–Trinajstić information content (AvgIpc) is 2.84. The van der Waals surface area contributed by atoms with Gasteiger partial charge in [0.2, 0.25) is 22.0 Å². The smallest absolute Gasteiger partial charge is 0.329 e. The average molecular weight is 569 g/mol. The largest absolute Gasteiger partial charge is 0.507 e. The summed E-state index contributed by atoms with van der Waals surface area (Å²) in [6.45, 7) is 4.05. The molecule has 0 aliphatic rings. The van der Waals surface area contributed by atoms with E-state index in [1.165, 1.54) is 38.1 Å². The summed E-state index contributed by atoms with van der Waals surface area (Å²) in [6, 6.07) is 4.50. The lowest BCUT2D eigenvalue weighted by Gasteiger charge is -2.19. The summed E-state index contributed by atoms with van der Waals surface area (Å²) in [4.78, 5) is 60.8. The SMILES string of the molecule is CCOC(=O)[C@H](CSC(=O)[C@H](CSC(=O)c1cc(-c2ccc(F)cc2F)ccc1O)NC(C)=O)NC(C)=O. The van der Waals surface area contributed by atoms with E-state index < -0.39 is 57.5 Å². The molecule has 13 heteroatoms. The molecule has 3 N–H and O–H groups in total. The fourth-order valence-electron chi connectivity index (χ4n) is 3.16. The molecule has 0 fully saturated rings. The minimum absolute atomic E-state index is 0.0171. The number of benzene rings is 2. The van der Waals surface area contributed by atoms with E-state index in [2.05, 4.69) is 10.6 Å². The minimum Gasteiger partial charge on any atom is -0.507 e. The third-order valence-electron chi connectivity index (χ3n) is 4.84. The first-order chi connectivity index (χ1) is 17.9. The van der Waals surface area contributed by atoms with Gasteiger partial charge in [0, 0.05) is 37.0 Å². The lowest BCUT2D eigenvalue weighted by Crippen LogP contribution is -2.44. The Hall–Kier alpha value is -3.45. The number of carbonyl (C=O) groups excluding carboxylic acids is 5. The van der Waals surface area contributed by atoms with Crippen LogP contribution in [0, 0.1) is 11.6 Å². The Kier molecular flexibility index (Phi) is 11.7. The Balaban J connectivity index is 2.14. The van der Waals surface area contributed by atoms with Crippen molar-refractivity contribution in [1.82, 2.24) is 10.6 Å². The second-order valence-electron chi connectivity index (χ2n) is 7.84. The molecule has 2 aromatic rings. The second-order valence-corrected chi connectivity index (χ2v) is 9.86. The van der Waals surface area contributed by atoms with Gasteiger partial charge in [-0.2, -0.15) is 0 Å². The molecule has 0 spiro atoms. The molecule has 0 aliphatic heterocycles. The molecule has 2 aromatic carbocycles. The van der Waals surface area contributed by atoms with Gasteiger partial charge in [-0.25, -0.2) is 13.6 Å². The first-order valence-electron chi connectivity index (χ1n) is 11.3. The van der Waals surface area contributed by atoms with Crippen molar-refractivity contribution < 1.29 is 42.6 Å². The number of phenolic OH excluding ortho intramolecular Hbond substituents is 1. The van der Waals surface area contributed by atoms with E-state index >= 15 is 0 Å². The zero-order valence-electron chi connectivity index (χ0n) is 20.7. The van der Waals surface area contributed by atoms with E-state index in [0.717, 1.165) is 6.07 Å². The summed E-state index contributed by atoms with van der Waals surface area (Å²) in [5.74, 6) is -4.17. The van der Waals surface area contributed by atoms with Gasteiger partial charge < -0.3 is 20.5 Å². The number of amides is 2. The number of carbonyl (C=O) groups is 5. The van der Waals surface area contributed by atoms with Gasteiger partial charge in [-0.05, 0) is 36.8 Å². The van der Waals surface area contributed by atoms with Crippen molar-refractivity contribution >= 4 is 51.5 Å². The van der Waals surface area contributed by atoms with E-state index in [1.807, 2.05) is 0 Å². The van der Waals surface area contributed by atoms with Crippen LogP contribution in [0.2, 0.25) is 0 Å². The van der Waals surface area contributed by atoms with Gasteiger partial charge in [-0.15, -0.1) is 0 Å². The number of thioether (sulfide) groups is 2. The van der Waals surface area contributed by atoms with E-state index in [-0.39, 0.29) is 34.8 Å². The number of nitrogens with one attached hydrogen (secondary N) is 2. The molecule has 0 radical (unpaired) electrons. The van der Waals surface area contributed by atoms with E-state index in [1.54, 1.807) is 6.92 Å². The highest BCUT2D eigenvalue weighted by molar-refractivity contribution is 8.15. The van der Waals surface area contributed by atoms with Crippen molar-refractivity contribution in [2.75, 3.05) is 18.1 Å². The lowest BCUT2D eigenvalue weighted by atomic mass is 10.0. The summed E-state index contributed by atoms with van der Waals surface area (Å²) in [6.07, 6.45) is 0. The number of rotatable bonds is 11. The van der Waals surface area contributed by atoms with Crippen molar-refractivity contribution in [2.45, 2.75) is 32.9 Å². The predicted octanol–water partition coefficient (Wildman–Crippen LogP) is 3.04. The lowest BCUT2D eigenvalue weighted by molar-refractivity contribution is -0.146. The molecule has 0 bridgehead atoms. The van der Waals surface area contributed by atoms with Crippen molar-refractivity contribution in [3.8, 4) is 16.9 Å². The van der Waals surface area contributed by atoms with Crippen molar-refractivity contribution in [3.05, 3.63) is 53.6 Å². The van der Waals surface area contributed by atoms with Crippen LogP contribution >= 0.6 is 23.5 Å². The molecule has 0 unspecified atom stereocenters. The van der Waals surface area contributed by atoms with Gasteiger partial charge in [0.15, 0.2) is 0 Å². The number of esters is 1. The van der Waals surface area contributed by atoms with Gasteiger partial charge >= 0.3 is 5.97 Å². The van der Waals surface area contributed by atoms with Crippen LogP contribution in [-0.4, -0.2) is 63.3 Å². The molecular weight excluding hydrogens is 542 g/mol. The van der Waals surface area contributed by atoms with Gasteiger partial charge in [0.25, 0.3) is 0 Å². The number of aromatic hydroxyl groups is 1. The summed E-state index contributed by atoms with van der Waals surface area (Å²) in [5.41, 5.74) is 0.0617. The third kappa shape index (κ3) is 9.14. The summed E-state index contributed by atoms with van der Waals surface area (Å²) in [5, 5.41) is 13.8. The number of hydrogen-bond acceptors (Lipinski definition) is 9. The second kappa shape index (κ2) is 14.5. The monoisotopic (exact) mass is 568 g/mol. The Labute approximate surface area is 226 Å². The Morgan fingerprint density at radius 1 is 0.921 bits per heavy atom. The summed E-state index contributed by atoms with van der Waals surface area (Å²) < 4.78 is 32.4. The maximum Gasteiger partial charge on any atom is 0.329 e. The highest BCUT2D eigenvalue weighted by atomic mass is 32.2. The van der Waals surface area contributed by atoms with Gasteiger partial charge in [0.1, 0.15) is 29.5 Å². The maximum absolute atomic E-state index is 14.2.